The largest absolute Gasteiger partial charge is 0.429 e. The molecule has 1 aliphatic carbocycles. The van der Waals surface area contributed by atoms with Gasteiger partial charge in [0.2, 0.25) is 0 Å². The van der Waals surface area contributed by atoms with E-state index in [1.165, 1.54) is 12.1 Å². The van der Waals surface area contributed by atoms with Crippen LogP contribution in [0.5, 0.6) is 5.75 Å². The van der Waals surface area contributed by atoms with Crippen molar-refractivity contribution in [3.8, 4) is 16.9 Å². The maximum absolute atomic E-state index is 15.1. The topological polar surface area (TPSA) is 9.23 Å². The summed E-state index contributed by atoms with van der Waals surface area (Å²) < 4.78 is 121. The first-order chi connectivity index (χ1) is 19.5. The fourth-order valence-corrected chi connectivity index (χ4v) is 5.73. The van der Waals surface area contributed by atoms with Crippen molar-refractivity contribution in [2.75, 3.05) is 0 Å². The Morgan fingerprint density at radius 1 is 0.732 bits per heavy atom. The number of ether oxygens (including phenoxy) is 1. The summed E-state index contributed by atoms with van der Waals surface area (Å²) in [7, 11) is 0. The molecular formula is C32H26F8O. The van der Waals surface area contributed by atoms with Gasteiger partial charge < -0.3 is 4.74 Å². The number of rotatable bonds is 7. The summed E-state index contributed by atoms with van der Waals surface area (Å²) in [5, 5.41) is -0.645. The minimum atomic E-state index is -4.29. The highest BCUT2D eigenvalue weighted by Gasteiger charge is 2.37. The molecule has 0 atom stereocenters. The van der Waals surface area contributed by atoms with Crippen LogP contribution in [0, 0.1) is 40.8 Å². The van der Waals surface area contributed by atoms with Gasteiger partial charge in [-0.1, -0.05) is 31.9 Å². The Labute approximate surface area is 231 Å². The van der Waals surface area contributed by atoms with Crippen LogP contribution in [0.1, 0.15) is 62.5 Å². The van der Waals surface area contributed by atoms with Crippen LogP contribution in [0.15, 0.2) is 54.6 Å². The zero-order valence-electron chi connectivity index (χ0n) is 22.0. The second-order valence-electron chi connectivity index (χ2n) is 10.5. The molecule has 9 heteroatoms. The maximum atomic E-state index is 15.1. The van der Waals surface area contributed by atoms with Crippen LogP contribution in [0.3, 0.4) is 0 Å². The molecule has 0 N–H and O–H groups in total. The van der Waals surface area contributed by atoms with Gasteiger partial charge in [-0.15, -0.1) is 0 Å². The first kappa shape index (κ1) is 28.9. The van der Waals surface area contributed by atoms with Gasteiger partial charge >= 0.3 is 6.11 Å². The summed E-state index contributed by atoms with van der Waals surface area (Å²) >= 11 is 0. The standard InChI is InChI=1S/C32H26F8O/c1-2-3-17-4-6-18(7-5-17)19-8-10-24(25(33)13-19)29-26(34)15-21(16-27(29)35)32(39,40)41-22-9-11-23-20(12-22)14-28(36)31(38)30(23)37/h8-18H,2-7H2,1H3/t17-,18-. The van der Waals surface area contributed by atoms with Crippen LogP contribution >= 0.6 is 0 Å². The van der Waals surface area contributed by atoms with E-state index in [9.17, 15) is 22.0 Å². The molecule has 0 heterocycles. The highest BCUT2D eigenvalue weighted by molar-refractivity contribution is 5.84. The molecule has 0 spiro atoms. The number of fused-ring (bicyclic) bond motifs is 1. The lowest BCUT2D eigenvalue weighted by atomic mass is 9.77. The molecule has 4 aromatic carbocycles. The Kier molecular flexibility index (Phi) is 7.99. The summed E-state index contributed by atoms with van der Waals surface area (Å²) in [4.78, 5) is 0. The molecule has 1 aliphatic rings. The third kappa shape index (κ3) is 5.76. The van der Waals surface area contributed by atoms with Crippen molar-refractivity contribution in [2.24, 2.45) is 5.92 Å². The molecule has 41 heavy (non-hydrogen) atoms. The molecule has 0 amide bonds. The van der Waals surface area contributed by atoms with Crippen molar-refractivity contribution in [1.82, 2.24) is 0 Å². The third-order valence-corrected chi connectivity index (χ3v) is 7.85. The van der Waals surface area contributed by atoms with Crippen LogP contribution in [-0.2, 0) is 6.11 Å². The summed E-state index contributed by atoms with van der Waals surface area (Å²) in [5.74, 6) is -8.26. The van der Waals surface area contributed by atoms with Crippen molar-refractivity contribution >= 4 is 10.8 Å². The zero-order chi connectivity index (χ0) is 29.5. The van der Waals surface area contributed by atoms with E-state index >= 15 is 13.2 Å². The Hall–Kier alpha value is -3.62. The van der Waals surface area contributed by atoms with E-state index in [4.69, 9.17) is 0 Å². The van der Waals surface area contributed by atoms with Crippen LogP contribution in [0.25, 0.3) is 21.9 Å². The van der Waals surface area contributed by atoms with Gasteiger partial charge in [0.25, 0.3) is 0 Å². The highest BCUT2D eigenvalue weighted by atomic mass is 19.3. The van der Waals surface area contributed by atoms with Crippen molar-refractivity contribution in [3.05, 3.63) is 101 Å². The number of halogens is 8. The normalized spacial score (nSPS) is 17.7. The lowest BCUT2D eigenvalue weighted by molar-refractivity contribution is -0.185. The highest BCUT2D eigenvalue weighted by Crippen LogP contribution is 2.41. The average Bonchev–Trinajstić information content (AvgIpc) is 2.92. The summed E-state index contributed by atoms with van der Waals surface area (Å²) in [6, 6.07) is 8.04. The van der Waals surface area contributed by atoms with Gasteiger partial charge in [0.05, 0.1) is 11.1 Å². The first-order valence-electron chi connectivity index (χ1n) is 13.4. The van der Waals surface area contributed by atoms with E-state index in [1.54, 1.807) is 6.07 Å². The van der Waals surface area contributed by atoms with Crippen molar-refractivity contribution in [2.45, 2.75) is 57.5 Å². The molecule has 0 bridgehead atoms. The van der Waals surface area contributed by atoms with Crippen LogP contribution in [0.2, 0.25) is 0 Å². The molecule has 0 aromatic heterocycles. The minimum absolute atomic E-state index is 0.140. The fraction of sp³-hybridized carbons (Fsp3) is 0.312. The maximum Gasteiger partial charge on any atom is 0.426 e. The van der Waals surface area contributed by atoms with Gasteiger partial charge in [0, 0.05) is 10.9 Å². The number of hydrogen-bond acceptors (Lipinski definition) is 1. The fourth-order valence-electron chi connectivity index (χ4n) is 5.73. The van der Waals surface area contributed by atoms with E-state index < -0.39 is 63.5 Å². The van der Waals surface area contributed by atoms with Gasteiger partial charge in [-0.25, -0.2) is 26.3 Å². The molecule has 1 fully saturated rings. The second-order valence-corrected chi connectivity index (χ2v) is 10.5. The predicted molar refractivity (Wildman–Crippen MR) is 140 cm³/mol. The summed E-state index contributed by atoms with van der Waals surface area (Å²) in [6.07, 6.45) is 1.84. The molecule has 216 valence electrons. The molecular weight excluding hydrogens is 552 g/mol. The van der Waals surface area contributed by atoms with E-state index in [0.717, 1.165) is 62.3 Å². The zero-order valence-corrected chi connectivity index (χ0v) is 22.0. The van der Waals surface area contributed by atoms with Gasteiger partial charge in [0.15, 0.2) is 17.5 Å². The van der Waals surface area contributed by atoms with Crippen LogP contribution in [0.4, 0.5) is 35.1 Å². The van der Waals surface area contributed by atoms with Crippen LogP contribution in [-0.4, -0.2) is 0 Å². The number of hydrogen-bond donors (Lipinski definition) is 0. The first-order valence-corrected chi connectivity index (χ1v) is 13.4. The van der Waals surface area contributed by atoms with Crippen LogP contribution < -0.4 is 4.74 Å². The Morgan fingerprint density at radius 2 is 1.41 bits per heavy atom. The quantitative estimate of drug-likeness (QED) is 0.157. The molecule has 1 saturated carbocycles. The smallest absolute Gasteiger partial charge is 0.426 e. The average molecular weight is 579 g/mol. The Morgan fingerprint density at radius 3 is 2.05 bits per heavy atom. The number of alkyl halides is 2. The second kappa shape index (κ2) is 11.3. The third-order valence-electron chi connectivity index (χ3n) is 7.85. The van der Waals surface area contributed by atoms with E-state index in [1.807, 2.05) is 0 Å². The lowest BCUT2D eigenvalue weighted by Gasteiger charge is -2.28. The molecule has 1 nitrogen and oxygen atoms in total. The molecule has 0 radical (unpaired) electrons. The van der Waals surface area contributed by atoms with Gasteiger partial charge in [-0.05, 0) is 90.9 Å². The van der Waals surface area contributed by atoms with E-state index in [0.29, 0.717) is 24.1 Å². The molecule has 0 unspecified atom stereocenters. The number of benzene rings is 4. The molecule has 0 aliphatic heterocycles. The molecule has 0 saturated heterocycles. The monoisotopic (exact) mass is 578 g/mol. The van der Waals surface area contributed by atoms with Crippen molar-refractivity contribution < 1.29 is 39.9 Å². The van der Waals surface area contributed by atoms with E-state index in [-0.39, 0.29) is 16.7 Å². The lowest BCUT2D eigenvalue weighted by Crippen LogP contribution is -2.22. The minimum Gasteiger partial charge on any atom is -0.429 e. The van der Waals surface area contributed by atoms with Gasteiger partial charge in [0.1, 0.15) is 23.2 Å². The van der Waals surface area contributed by atoms with E-state index in [2.05, 4.69) is 11.7 Å². The van der Waals surface area contributed by atoms with Gasteiger partial charge in [-0.2, -0.15) is 8.78 Å². The Bertz CT molecular complexity index is 1570. The van der Waals surface area contributed by atoms with Crippen molar-refractivity contribution in [3.63, 3.8) is 0 Å². The summed E-state index contributed by atoms with van der Waals surface area (Å²) in [5.41, 5.74) is -1.66. The summed E-state index contributed by atoms with van der Waals surface area (Å²) in [6.45, 7) is 2.14. The predicted octanol–water partition coefficient (Wildman–Crippen LogP) is 10.5. The van der Waals surface area contributed by atoms with Crippen molar-refractivity contribution in [1.29, 1.82) is 0 Å². The SMILES string of the molecule is CCC[C@H]1CC[C@H](c2ccc(-c3c(F)cc(C(F)(F)Oc4ccc5c(F)c(F)c(F)cc5c4)cc3F)c(F)c2)CC1. The van der Waals surface area contributed by atoms with Gasteiger partial charge in [-0.3, -0.25) is 0 Å². The molecule has 5 rings (SSSR count). The molecule has 4 aromatic rings. The Balaban J connectivity index is 1.38.